The van der Waals surface area contributed by atoms with Gasteiger partial charge in [0.15, 0.2) is 0 Å². The third-order valence-corrected chi connectivity index (χ3v) is 8.15. The quantitative estimate of drug-likeness (QED) is 0.633. The largest absolute Gasteiger partial charge is 0.496 e. The molecule has 5 nitrogen and oxygen atoms in total. The van der Waals surface area contributed by atoms with Crippen molar-refractivity contribution in [1.82, 2.24) is 4.72 Å². The van der Waals surface area contributed by atoms with E-state index in [1.807, 2.05) is 24.3 Å². The lowest BCUT2D eigenvalue weighted by Crippen LogP contribution is -2.34. The van der Waals surface area contributed by atoms with Gasteiger partial charge >= 0.3 is 0 Å². The number of fused-ring (bicyclic) bond motifs is 2. The van der Waals surface area contributed by atoms with E-state index in [-0.39, 0.29) is 4.90 Å². The zero-order chi connectivity index (χ0) is 21.6. The van der Waals surface area contributed by atoms with Crippen molar-refractivity contribution in [2.24, 2.45) is 0 Å². The molecule has 31 heavy (non-hydrogen) atoms. The Hall–Kier alpha value is -2.86. The van der Waals surface area contributed by atoms with Crippen molar-refractivity contribution in [3.63, 3.8) is 0 Å². The number of methoxy groups -OCH3 is 1. The third-order valence-electron chi connectivity index (χ3n) is 6.74. The summed E-state index contributed by atoms with van der Waals surface area (Å²) in [5.41, 5.74) is 3.33. The molecule has 3 aromatic rings. The number of amides is 1. The van der Waals surface area contributed by atoms with Crippen LogP contribution in [0.2, 0.25) is 0 Å². The van der Waals surface area contributed by atoms with Crippen molar-refractivity contribution in [3.8, 4) is 5.75 Å². The number of hydrogen-bond acceptors (Lipinski definition) is 4. The second-order valence-electron chi connectivity index (χ2n) is 8.42. The molecule has 6 heteroatoms. The highest BCUT2D eigenvalue weighted by molar-refractivity contribution is 7.90. The van der Waals surface area contributed by atoms with Gasteiger partial charge in [0.05, 0.1) is 17.9 Å². The van der Waals surface area contributed by atoms with E-state index in [0.717, 1.165) is 17.4 Å². The van der Waals surface area contributed by atoms with Crippen LogP contribution < -0.4 is 9.46 Å². The standard InChI is InChI=1S/C25H25NO4S/c1-30-22-15-14-18(16-7-4-8-16)20-12-13-21(24(20)22)25(27)26-31(28,29)23-11-5-9-17-6-2-3-10-19(17)23/h2-3,5-6,9-11,14-16,21H,4,7-8,12-13H2,1H3,(H,26,27)/t21-/m0/s1. The number of nitrogens with one attached hydrogen (secondary N) is 1. The summed E-state index contributed by atoms with van der Waals surface area (Å²) < 4.78 is 34.2. The van der Waals surface area contributed by atoms with Gasteiger partial charge in [-0.3, -0.25) is 4.79 Å². The van der Waals surface area contributed by atoms with Crippen LogP contribution in [0.1, 0.15) is 54.2 Å². The highest BCUT2D eigenvalue weighted by Gasteiger charge is 2.37. The number of rotatable bonds is 5. The molecule has 1 N–H and O–H groups in total. The SMILES string of the molecule is COc1ccc(C2CCC2)c2c1[C@@H](C(=O)NS(=O)(=O)c1cccc3ccccc13)CC2. The van der Waals surface area contributed by atoms with E-state index in [4.69, 9.17) is 4.74 Å². The second kappa shape index (κ2) is 7.68. The van der Waals surface area contributed by atoms with Crippen LogP contribution in [0.3, 0.4) is 0 Å². The summed E-state index contributed by atoms with van der Waals surface area (Å²) in [5.74, 6) is 0.185. The first-order valence-corrected chi connectivity index (χ1v) is 12.2. The van der Waals surface area contributed by atoms with E-state index in [0.29, 0.717) is 23.5 Å². The Balaban J connectivity index is 1.49. The molecule has 160 valence electrons. The Morgan fingerprint density at radius 3 is 2.52 bits per heavy atom. The molecule has 1 atom stereocenters. The number of ether oxygens (including phenoxy) is 1. The molecule has 0 saturated heterocycles. The third kappa shape index (κ3) is 3.39. The van der Waals surface area contributed by atoms with Crippen molar-refractivity contribution in [3.05, 3.63) is 71.3 Å². The molecule has 2 aliphatic rings. The Morgan fingerprint density at radius 1 is 1.00 bits per heavy atom. The van der Waals surface area contributed by atoms with Crippen molar-refractivity contribution in [1.29, 1.82) is 0 Å². The topological polar surface area (TPSA) is 72.5 Å². The molecule has 0 spiro atoms. The van der Waals surface area contributed by atoms with Gasteiger partial charge in [-0.05, 0) is 60.2 Å². The van der Waals surface area contributed by atoms with Gasteiger partial charge < -0.3 is 4.74 Å². The average molecular weight is 436 g/mol. The fraction of sp³-hybridized carbons (Fsp3) is 0.320. The van der Waals surface area contributed by atoms with Crippen molar-refractivity contribution in [2.45, 2.75) is 48.8 Å². The summed E-state index contributed by atoms with van der Waals surface area (Å²) in [5, 5.41) is 1.41. The normalized spacial score (nSPS) is 18.4. The monoisotopic (exact) mass is 435 g/mol. The van der Waals surface area contributed by atoms with Gasteiger partial charge in [-0.25, -0.2) is 13.1 Å². The molecule has 0 heterocycles. The molecule has 0 radical (unpaired) electrons. The second-order valence-corrected chi connectivity index (χ2v) is 10.1. The van der Waals surface area contributed by atoms with Gasteiger partial charge in [-0.1, -0.05) is 48.9 Å². The Kier molecular flexibility index (Phi) is 4.97. The van der Waals surface area contributed by atoms with Crippen LogP contribution in [0.5, 0.6) is 5.75 Å². The average Bonchev–Trinajstić information content (AvgIpc) is 3.18. The minimum Gasteiger partial charge on any atom is -0.496 e. The maximum atomic E-state index is 13.2. The van der Waals surface area contributed by atoms with Crippen molar-refractivity contribution in [2.75, 3.05) is 7.11 Å². The minimum absolute atomic E-state index is 0.118. The van der Waals surface area contributed by atoms with Gasteiger partial charge in [-0.15, -0.1) is 0 Å². The molecule has 1 saturated carbocycles. The lowest BCUT2D eigenvalue weighted by Gasteiger charge is -2.28. The Labute approximate surface area is 182 Å². The number of hydrogen-bond donors (Lipinski definition) is 1. The zero-order valence-electron chi connectivity index (χ0n) is 17.4. The number of benzene rings is 3. The smallest absolute Gasteiger partial charge is 0.264 e. The van der Waals surface area contributed by atoms with Crippen molar-refractivity contribution >= 4 is 26.7 Å². The van der Waals surface area contributed by atoms with Crippen molar-refractivity contribution < 1.29 is 17.9 Å². The van der Waals surface area contributed by atoms with Crippen LogP contribution in [-0.2, 0) is 21.2 Å². The summed E-state index contributed by atoms with van der Waals surface area (Å²) in [6, 6.07) is 16.4. The van der Waals surface area contributed by atoms with Crippen LogP contribution in [0.25, 0.3) is 10.8 Å². The first-order valence-electron chi connectivity index (χ1n) is 10.7. The maximum Gasteiger partial charge on any atom is 0.264 e. The van der Waals surface area contributed by atoms with Crippen LogP contribution in [0.15, 0.2) is 59.5 Å². The summed E-state index contributed by atoms with van der Waals surface area (Å²) in [6.45, 7) is 0. The van der Waals surface area contributed by atoms with E-state index in [2.05, 4.69) is 10.8 Å². The summed E-state index contributed by atoms with van der Waals surface area (Å²) >= 11 is 0. The van der Waals surface area contributed by atoms with Gasteiger partial charge in [0.2, 0.25) is 5.91 Å². The molecule has 1 amide bonds. The highest BCUT2D eigenvalue weighted by atomic mass is 32.2. The number of carbonyl (C=O) groups is 1. The molecule has 1 fully saturated rings. The van der Waals surface area contributed by atoms with Crippen LogP contribution in [-0.4, -0.2) is 21.4 Å². The van der Waals surface area contributed by atoms with Crippen LogP contribution >= 0.6 is 0 Å². The van der Waals surface area contributed by atoms with Gasteiger partial charge in [0.1, 0.15) is 5.75 Å². The molecule has 2 aliphatic carbocycles. The first kappa shape index (κ1) is 20.1. The molecule has 0 aliphatic heterocycles. The highest BCUT2D eigenvalue weighted by Crippen LogP contribution is 2.47. The van der Waals surface area contributed by atoms with E-state index < -0.39 is 21.8 Å². The fourth-order valence-electron chi connectivity index (χ4n) is 4.98. The number of sulfonamides is 1. The predicted octanol–water partition coefficient (Wildman–Crippen LogP) is 4.65. The lowest BCUT2D eigenvalue weighted by atomic mass is 9.77. The summed E-state index contributed by atoms with van der Waals surface area (Å²) in [4.78, 5) is 13.3. The predicted molar refractivity (Wildman–Crippen MR) is 120 cm³/mol. The van der Waals surface area contributed by atoms with Gasteiger partial charge in [0, 0.05) is 10.9 Å². The van der Waals surface area contributed by atoms with Crippen LogP contribution in [0.4, 0.5) is 0 Å². The van der Waals surface area contributed by atoms with Gasteiger partial charge in [-0.2, -0.15) is 0 Å². The van der Waals surface area contributed by atoms with E-state index in [1.54, 1.807) is 25.3 Å². The molecule has 5 rings (SSSR count). The molecule has 0 unspecified atom stereocenters. The Morgan fingerprint density at radius 2 is 1.77 bits per heavy atom. The molecule has 3 aromatic carbocycles. The Bertz CT molecular complexity index is 1270. The first-order chi connectivity index (χ1) is 15.0. The van der Waals surface area contributed by atoms with E-state index in [1.165, 1.54) is 36.5 Å². The molecule has 0 aromatic heterocycles. The summed E-state index contributed by atoms with van der Waals surface area (Å²) in [7, 11) is -2.41. The fourth-order valence-corrected chi connectivity index (χ4v) is 6.23. The van der Waals surface area contributed by atoms with Crippen LogP contribution in [0, 0.1) is 0 Å². The van der Waals surface area contributed by atoms with Gasteiger partial charge in [0.25, 0.3) is 10.0 Å². The summed E-state index contributed by atoms with van der Waals surface area (Å²) in [6.07, 6.45) is 4.94. The minimum atomic E-state index is -4.01. The lowest BCUT2D eigenvalue weighted by molar-refractivity contribution is -0.120. The zero-order valence-corrected chi connectivity index (χ0v) is 18.2. The molecular formula is C25H25NO4S. The van der Waals surface area contributed by atoms with E-state index >= 15 is 0 Å². The number of carbonyl (C=O) groups excluding carboxylic acids is 1. The van der Waals surface area contributed by atoms with E-state index in [9.17, 15) is 13.2 Å². The maximum absolute atomic E-state index is 13.2. The molecular weight excluding hydrogens is 410 g/mol. The molecule has 0 bridgehead atoms.